The highest BCUT2D eigenvalue weighted by Gasteiger charge is 2.18. The Bertz CT molecular complexity index is 662. The third-order valence-electron chi connectivity index (χ3n) is 4.06. The molecule has 3 nitrogen and oxygen atoms in total. The van der Waals surface area contributed by atoms with Gasteiger partial charge in [-0.05, 0) is 41.6 Å². The normalized spacial score (nSPS) is 17.3. The van der Waals surface area contributed by atoms with Gasteiger partial charge in [-0.15, -0.1) is 0 Å². The summed E-state index contributed by atoms with van der Waals surface area (Å²) in [6, 6.07) is 4.10. The second-order valence-corrected chi connectivity index (χ2v) is 7.51. The van der Waals surface area contributed by atoms with E-state index in [0.29, 0.717) is 16.6 Å². The molecule has 0 spiro atoms. The number of allylic oxidation sites excluding steroid dienone is 3. The Morgan fingerprint density at radius 1 is 1.33 bits per heavy atom. The van der Waals surface area contributed by atoms with Crippen LogP contribution in [0.2, 0.25) is 0 Å². The summed E-state index contributed by atoms with van der Waals surface area (Å²) in [6.45, 7) is 7.66. The van der Waals surface area contributed by atoms with Gasteiger partial charge in [0, 0.05) is 24.7 Å². The highest BCUT2D eigenvalue weighted by atomic mass is 32.1. The molecule has 0 fully saturated rings. The first-order valence-electron chi connectivity index (χ1n) is 8.13. The Labute approximate surface area is 148 Å². The van der Waals surface area contributed by atoms with Crippen molar-refractivity contribution in [2.75, 3.05) is 6.54 Å². The van der Waals surface area contributed by atoms with Crippen LogP contribution >= 0.6 is 12.2 Å². The molecular formula is C19H25FN2OS. The van der Waals surface area contributed by atoms with Crippen molar-refractivity contribution in [1.29, 1.82) is 0 Å². The van der Waals surface area contributed by atoms with E-state index in [2.05, 4.69) is 49.6 Å². The summed E-state index contributed by atoms with van der Waals surface area (Å²) >= 11 is 5.24. The first-order valence-corrected chi connectivity index (χ1v) is 8.54. The van der Waals surface area contributed by atoms with E-state index in [0.717, 1.165) is 19.0 Å². The molecule has 0 aromatic heterocycles. The fourth-order valence-corrected chi connectivity index (χ4v) is 2.67. The molecule has 0 saturated heterocycles. The van der Waals surface area contributed by atoms with Crippen molar-refractivity contribution in [3.63, 3.8) is 0 Å². The van der Waals surface area contributed by atoms with Gasteiger partial charge >= 0.3 is 0 Å². The van der Waals surface area contributed by atoms with Crippen LogP contribution in [0.4, 0.5) is 4.39 Å². The molecule has 130 valence electrons. The molecule has 3 N–H and O–H groups in total. The SMILES string of the molecule is CC(C)(C)C1=CCC(CNC(=S)NCc2ccc(O)cc2F)C=C1. The fraction of sp³-hybridized carbons (Fsp3) is 0.421. The molecule has 5 heteroatoms. The van der Waals surface area contributed by atoms with Gasteiger partial charge in [0.05, 0.1) is 0 Å². The van der Waals surface area contributed by atoms with E-state index in [1.54, 1.807) is 6.07 Å². The molecule has 0 saturated carbocycles. The minimum absolute atomic E-state index is 0.0799. The molecule has 1 aromatic carbocycles. The van der Waals surface area contributed by atoms with Gasteiger partial charge in [0.25, 0.3) is 0 Å². The minimum atomic E-state index is -0.444. The Balaban J connectivity index is 1.75. The van der Waals surface area contributed by atoms with E-state index in [9.17, 15) is 9.50 Å². The Hall–Kier alpha value is -1.88. The van der Waals surface area contributed by atoms with Crippen molar-refractivity contribution >= 4 is 17.3 Å². The van der Waals surface area contributed by atoms with Gasteiger partial charge < -0.3 is 15.7 Å². The van der Waals surface area contributed by atoms with Gasteiger partial charge in [-0.2, -0.15) is 0 Å². The van der Waals surface area contributed by atoms with Gasteiger partial charge in [-0.1, -0.05) is 45.1 Å². The van der Waals surface area contributed by atoms with E-state index in [1.165, 1.54) is 11.6 Å². The average Bonchev–Trinajstić information content (AvgIpc) is 2.51. The van der Waals surface area contributed by atoms with Crippen molar-refractivity contribution in [3.05, 3.63) is 53.4 Å². The first-order chi connectivity index (χ1) is 11.3. The highest BCUT2D eigenvalue weighted by Crippen LogP contribution is 2.30. The fourth-order valence-electron chi connectivity index (χ4n) is 2.51. The number of benzene rings is 1. The molecule has 0 bridgehead atoms. The van der Waals surface area contributed by atoms with E-state index < -0.39 is 5.82 Å². The standard InChI is InChI=1S/C19H25FN2OS/c1-19(2,3)15-7-4-13(5-8-15)11-21-18(24)22-12-14-6-9-16(23)10-17(14)20/h4,6-10,13,23H,5,11-12H2,1-3H3,(H2,21,22,24). The van der Waals surface area contributed by atoms with Crippen LogP contribution in [0.5, 0.6) is 5.75 Å². The molecule has 1 aliphatic rings. The zero-order chi connectivity index (χ0) is 17.7. The van der Waals surface area contributed by atoms with E-state index >= 15 is 0 Å². The van der Waals surface area contributed by atoms with Gasteiger partial charge in [0.2, 0.25) is 0 Å². The number of aromatic hydroxyl groups is 1. The molecule has 2 rings (SSSR count). The lowest BCUT2D eigenvalue weighted by Gasteiger charge is -2.25. The third-order valence-corrected chi connectivity index (χ3v) is 4.34. The molecule has 0 heterocycles. The predicted molar refractivity (Wildman–Crippen MR) is 100 cm³/mol. The van der Waals surface area contributed by atoms with Gasteiger partial charge in [0.1, 0.15) is 11.6 Å². The quantitative estimate of drug-likeness (QED) is 0.719. The van der Waals surface area contributed by atoms with Crippen LogP contribution in [-0.4, -0.2) is 16.8 Å². The summed E-state index contributed by atoms with van der Waals surface area (Å²) in [5.74, 6) is -0.120. The summed E-state index contributed by atoms with van der Waals surface area (Å²) in [7, 11) is 0. The zero-order valence-corrected chi connectivity index (χ0v) is 15.2. The number of thiocarbonyl (C=S) groups is 1. The van der Waals surface area contributed by atoms with Crippen LogP contribution in [0.3, 0.4) is 0 Å². The van der Waals surface area contributed by atoms with Crippen molar-refractivity contribution in [2.24, 2.45) is 11.3 Å². The maximum absolute atomic E-state index is 13.6. The van der Waals surface area contributed by atoms with Crippen molar-refractivity contribution in [1.82, 2.24) is 10.6 Å². The number of nitrogens with one attached hydrogen (secondary N) is 2. The van der Waals surface area contributed by atoms with Crippen LogP contribution in [0.1, 0.15) is 32.8 Å². The molecule has 0 amide bonds. The second kappa shape index (κ2) is 7.79. The molecule has 0 radical (unpaired) electrons. The zero-order valence-electron chi connectivity index (χ0n) is 14.4. The number of hydrogen-bond acceptors (Lipinski definition) is 2. The summed E-state index contributed by atoms with van der Waals surface area (Å²) < 4.78 is 13.6. The molecule has 1 unspecified atom stereocenters. The molecule has 1 aliphatic carbocycles. The van der Waals surface area contributed by atoms with Crippen LogP contribution < -0.4 is 10.6 Å². The number of phenols is 1. The molecular weight excluding hydrogens is 323 g/mol. The molecule has 24 heavy (non-hydrogen) atoms. The van der Waals surface area contributed by atoms with E-state index in [4.69, 9.17) is 12.2 Å². The largest absolute Gasteiger partial charge is 0.508 e. The Morgan fingerprint density at radius 3 is 2.67 bits per heavy atom. The number of hydrogen-bond donors (Lipinski definition) is 3. The van der Waals surface area contributed by atoms with Crippen LogP contribution in [0, 0.1) is 17.2 Å². The summed E-state index contributed by atoms with van der Waals surface area (Å²) in [6.07, 6.45) is 7.69. The minimum Gasteiger partial charge on any atom is -0.508 e. The van der Waals surface area contributed by atoms with Crippen LogP contribution in [0.15, 0.2) is 42.0 Å². The monoisotopic (exact) mass is 348 g/mol. The number of phenolic OH excluding ortho intramolecular Hbond substituents is 1. The maximum atomic E-state index is 13.6. The maximum Gasteiger partial charge on any atom is 0.166 e. The summed E-state index contributed by atoms with van der Waals surface area (Å²) in [4.78, 5) is 0. The molecule has 0 aliphatic heterocycles. The van der Waals surface area contributed by atoms with Gasteiger partial charge in [-0.25, -0.2) is 4.39 Å². The van der Waals surface area contributed by atoms with Gasteiger partial charge in [-0.3, -0.25) is 0 Å². The highest BCUT2D eigenvalue weighted by molar-refractivity contribution is 7.80. The second-order valence-electron chi connectivity index (χ2n) is 7.10. The number of halogens is 1. The van der Waals surface area contributed by atoms with Crippen LogP contribution in [-0.2, 0) is 6.54 Å². The van der Waals surface area contributed by atoms with E-state index in [-0.39, 0.29) is 17.7 Å². The van der Waals surface area contributed by atoms with Crippen molar-refractivity contribution < 1.29 is 9.50 Å². The topological polar surface area (TPSA) is 44.3 Å². The average molecular weight is 348 g/mol. The molecule has 1 atom stereocenters. The van der Waals surface area contributed by atoms with Crippen LogP contribution in [0.25, 0.3) is 0 Å². The van der Waals surface area contributed by atoms with E-state index in [1.807, 2.05) is 0 Å². The van der Waals surface area contributed by atoms with Crippen molar-refractivity contribution in [3.8, 4) is 5.75 Å². The smallest absolute Gasteiger partial charge is 0.166 e. The van der Waals surface area contributed by atoms with Gasteiger partial charge in [0.15, 0.2) is 5.11 Å². The number of rotatable bonds is 4. The van der Waals surface area contributed by atoms with Crippen molar-refractivity contribution in [2.45, 2.75) is 33.7 Å². The Morgan fingerprint density at radius 2 is 2.08 bits per heavy atom. The Kier molecular flexibility index (Phi) is 5.99. The lowest BCUT2D eigenvalue weighted by molar-refractivity contribution is 0.467. The predicted octanol–water partition coefficient (Wildman–Crippen LogP) is 4.04. The summed E-state index contributed by atoms with van der Waals surface area (Å²) in [5, 5.41) is 15.9. The molecule has 1 aromatic rings. The lowest BCUT2D eigenvalue weighted by atomic mass is 9.81. The lowest BCUT2D eigenvalue weighted by Crippen LogP contribution is -2.37. The summed E-state index contributed by atoms with van der Waals surface area (Å²) in [5.41, 5.74) is 2.01. The third kappa shape index (κ3) is 5.34. The first kappa shape index (κ1) is 18.5.